The quantitative estimate of drug-likeness (QED) is 0.341. The first-order valence-electron chi connectivity index (χ1n) is 11.3. The summed E-state index contributed by atoms with van der Waals surface area (Å²) in [6.45, 7) is 6.84. The Hall–Kier alpha value is -3.51. The minimum atomic E-state index is -0.287. The van der Waals surface area contributed by atoms with Gasteiger partial charge in [0.15, 0.2) is 5.11 Å². The number of aromatic nitrogens is 1. The Kier molecular flexibility index (Phi) is 7.08. The first kappa shape index (κ1) is 23.6. The number of rotatable bonds is 6. The highest BCUT2D eigenvalue weighted by Crippen LogP contribution is 2.21. The van der Waals surface area contributed by atoms with Crippen LogP contribution >= 0.6 is 12.2 Å². The Bertz CT molecular complexity index is 1370. The lowest BCUT2D eigenvalue weighted by Crippen LogP contribution is -2.41. The van der Waals surface area contributed by atoms with Gasteiger partial charge in [0.25, 0.3) is 5.56 Å². The first-order valence-corrected chi connectivity index (χ1v) is 11.7. The lowest BCUT2D eigenvalue weighted by molar-refractivity contribution is 0.392. The second-order valence-electron chi connectivity index (χ2n) is 8.68. The molecule has 0 aliphatic heterocycles. The predicted molar refractivity (Wildman–Crippen MR) is 140 cm³/mol. The molecule has 0 unspecified atom stereocenters. The highest BCUT2D eigenvalue weighted by atomic mass is 32.1. The summed E-state index contributed by atoms with van der Waals surface area (Å²) in [4.78, 5) is 18.0. The van der Waals surface area contributed by atoms with E-state index in [4.69, 9.17) is 12.2 Å². The third kappa shape index (κ3) is 5.34. The van der Waals surface area contributed by atoms with E-state index < -0.39 is 0 Å². The van der Waals surface area contributed by atoms with Crippen molar-refractivity contribution < 1.29 is 4.39 Å². The second-order valence-corrected chi connectivity index (χ2v) is 9.06. The van der Waals surface area contributed by atoms with Crippen molar-refractivity contribution in [3.63, 3.8) is 0 Å². The second kappa shape index (κ2) is 10.2. The van der Waals surface area contributed by atoms with Gasteiger partial charge in [0.05, 0.1) is 18.1 Å². The van der Waals surface area contributed by atoms with Gasteiger partial charge in [-0.15, -0.1) is 0 Å². The van der Waals surface area contributed by atoms with E-state index in [2.05, 4.69) is 16.4 Å². The molecule has 0 saturated heterocycles. The van der Waals surface area contributed by atoms with Gasteiger partial charge in [0.1, 0.15) is 5.82 Å². The summed E-state index contributed by atoms with van der Waals surface area (Å²) >= 11 is 5.79. The summed E-state index contributed by atoms with van der Waals surface area (Å²) in [6.07, 6.45) is 0. The van der Waals surface area contributed by atoms with Gasteiger partial charge in [0, 0.05) is 17.5 Å². The summed E-state index contributed by atoms with van der Waals surface area (Å²) in [5.41, 5.74) is 5.49. The number of aromatic amines is 1. The van der Waals surface area contributed by atoms with E-state index in [1.807, 2.05) is 68.1 Å². The fraction of sp³-hybridized carbons (Fsp3) is 0.214. The summed E-state index contributed by atoms with van der Waals surface area (Å²) in [6, 6.07) is 22.4. The van der Waals surface area contributed by atoms with Crippen LogP contribution in [0.1, 0.15) is 40.8 Å². The van der Waals surface area contributed by atoms with Gasteiger partial charge in [-0.1, -0.05) is 54.6 Å². The highest BCUT2D eigenvalue weighted by Gasteiger charge is 2.17. The molecule has 174 valence electrons. The van der Waals surface area contributed by atoms with Crippen molar-refractivity contribution in [3.05, 3.63) is 117 Å². The maximum Gasteiger partial charge on any atom is 0.253 e. The predicted octanol–water partition coefficient (Wildman–Crippen LogP) is 5.92. The van der Waals surface area contributed by atoms with Gasteiger partial charge in [-0.2, -0.15) is 0 Å². The fourth-order valence-electron chi connectivity index (χ4n) is 4.05. The number of fused-ring (bicyclic) bond motifs is 1. The molecule has 0 amide bonds. The molecule has 0 saturated carbocycles. The molecular weight excluding hydrogens is 445 g/mol. The molecule has 1 heterocycles. The number of hydrogen-bond acceptors (Lipinski definition) is 2. The van der Waals surface area contributed by atoms with Crippen molar-refractivity contribution in [1.82, 2.24) is 15.2 Å². The molecule has 0 radical (unpaired) electrons. The van der Waals surface area contributed by atoms with Gasteiger partial charge in [-0.3, -0.25) is 4.79 Å². The molecule has 0 fully saturated rings. The zero-order valence-corrected chi connectivity index (χ0v) is 20.4. The van der Waals surface area contributed by atoms with Crippen LogP contribution < -0.4 is 10.9 Å². The van der Waals surface area contributed by atoms with E-state index in [1.165, 1.54) is 12.1 Å². The van der Waals surface area contributed by atoms with Gasteiger partial charge in [-0.05, 0) is 73.4 Å². The topological polar surface area (TPSA) is 48.1 Å². The molecule has 4 rings (SSSR count). The third-order valence-corrected chi connectivity index (χ3v) is 6.47. The van der Waals surface area contributed by atoms with Crippen molar-refractivity contribution in [2.75, 3.05) is 0 Å². The Labute approximate surface area is 204 Å². The zero-order chi connectivity index (χ0) is 24.2. The lowest BCUT2D eigenvalue weighted by Gasteiger charge is -2.28. The standard InChI is InChI=1S/C28H28FN3OS/c1-18-9-10-19(2)26-25(18)15-23(27(33)31-26)17-32(16-21-11-13-24(29)14-12-21)28(34)30-20(3)22-7-5-4-6-8-22/h4-15,20H,16-17H2,1-3H3,(H,30,34)(H,31,33)/t20-/m1/s1. The van der Waals surface area contributed by atoms with Crippen LogP contribution in [0.3, 0.4) is 0 Å². The molecule has 6 heteroatoms. The van der Waals surface area contributed by atoms with Crippen LogP contribution in [-0.4, -0.2) is 15.0 Å². The molecule has 1 atom stereocenters. The molecule has 1 aromatic heterocycles. The molecule has 3 aromatic carbocycles. The molecule has 4 nitrogen and oxygen atoms in total. The van der Waals surface area contributed by atoms with Crippen LogP contribution in [0.2, 0.25) is 0 Å². The minimum absolute atomic E-state index is 0.0100. The number of aryl methyl sites for hydroxylation is 2. The summed E-state index contributed by atoms with van der Waals surface area (Å²) in [7, 11) is 0. The molecule has 0 spiro atoms. The van der Waals surface area contributed by atoms with E-state index >= 15 is 0 Å². The number of nitrogens with zero attached hydrogens (tertiary/aromatic N) is 1. The SMILES string of the molecule is Cc1ccc(C)c2[nH]c(=O)c(CN(Cc3ccc(F)cc3)C(=S)N[C@H](C)c3ccccc3)cc12. The number of nitrogens with one attached hydrogen (secondary N) is 2. The number of hydrogen-bond donors (Lipinski definition) is 2. The van der Waals surface area contributed by atoms with Crippen molar-refractivity contribution in [2.24, 2.45) is 0 Å². The van der Waals surface area contributed by atoms with Crippen LogP contribution in [0.4, 0.5) is 4.39 Å². The van der Waals surface area contributed by atoms with Crippen LogP contribution in [-0.2, 0) is 13.1 Å². The van der Waals surface area contributed by atoms with Gasteiger partial charge < -0.3 is 15.2 Å². The Balaban J connectivity index is 1.65. The summed E-state index contributed by atoms with van der Waals surface area (Å²) in [5.74, 6) is -0.287. The van der Waals surface area contributed by atoms with Crippen molar-refractivity contribution >= 4 is 28.2 Å². The van der Waals surface area contributed by atoms with Gasteiger partial charge >= 0.3 is 0 Å². The van der Waals surface area contributed by atoms with E-state index in [0.29, 0.717) is 23.8 Å². The highest BCUT2D eigenvalue weighted by molar-refractivity contribution is 7.80. The van der Waals surface area contributed by atoms with Crippen molar-refractivity contribution in [2.45, 2.75) is 39.9 Å². The fourth-order valence-corrected chi connectivity index (χ4v) is 4.36. The van der Waals surface area contributed by atoms with Crippen LogP contribution in [0.15, 0.2) is 77.6 Å². The number of benzene rings is 3. The number of thiocarbonyl (C=S) groups is 1. The molecule has 4 aromatic rings. The molecule has 34 heavy (non-hydrogen) atoms. The van der Waals surface area contributed by atoms with E-state index in [1.54, 1.807) is 12.1 Å². The Morgan fingerprint density at radius 2 is 1.68 bits per heavy atom. The van der Waals surface area contributed by atoms with Crippen LogP contribution in [0.25, 0.3) is 10.9 Å². The molecular formula is C28H28FN3OS. The monoisotopic (exact) mass is 473 g/mol. The number of halogens is 1. The molecule has 0 aliphatic carbocycles. The maximum atomic E-state index is 13.5. The van der Waals surface area contributed by atoms with Gasteiger partial charge in [0.2, 0.25) is 0 Å². The maximum absolute atomic E-state index is 13.5. The molecule has 2 N–H and O–H groups in total. The van der Waals surface area contributed by atoms with E-state index in [-0.39, 0.29) is 17.4 Å². The average Bonchev–Trinajstić information content (AvgIpc) is 2.83. The Morgan fingerprint density at radius 3 is 2.38 bits per heavy atom. The minimum Gasteiger partial charge on any atom is -0.356 e. The van der Waals surface area contributed by atoms with Crippen molar-refractivity contribution in [1.29, 1.82) is 0 Å². The summed E-state index contributed by atoms with van der Waals surface area (Å²) in [5, 5.41) is 4.95. The van der Waals surface area contributed by atoms with Crippen LogP contribution in [0, 0.1) is 19.7 Å². The first-order chi connectivity index (χ1) is 16.3. The largest absolute Gasteiger partial charge is 0.356 e. The summed E-state index contributed by atoms with van der Waals surface area (Å²) < 4.78 is 13.5. The van der Waals surface area contributed by atoms with E-state index in [0.717, 1.165) is 33.2 Å². The van der Waals surface area contributed by atoms with Crippen LogP contribution in [0.5, 0.6) is 0 Å². The molecule has 0 bridgehead atoms. The number of pyridine rings is 1. The third-order valence-electron chi connectivity index (χ3n) is 6.10. The molecule has 0 aliphatic rings. The van der Waals surface area contributed by atoms with E-state index in [9.17, 15) is 9.18 Å². The van der Waals surface area contributed by atoms with Crippen molar-refractivity contribution in [3.8, 4) is 0 Å². The normalized spacial score (nSPS) is 11.9. The number of H-pyrrole nitrogens is 1. The zero-order valence-electron chi connectivity index (χ0n) is 19.6. The smallest absolute Gasteiger partial charge is 0.253 e. The average molecular weight is 474 g/mol. The van der Waals surface area contributed by atoms with Gasteiger partial charge in [-0.25, -0.2) is 4.39 Å². The Morgan fingerprint density at radius 1 is 1.00 bits per heavy atom. The lowest BCUT2D eigenvalue weighted by atomic mass is 10.0.